The third kappa shape index (κ3) is 3.28. The van der Waals surface area contributed by atoms with E-state index < -0.39 is 0 Å². The molecule has 1 aliphatic carbocycles. The maximum Gasteiger partial charge on any atom is 0.337 e. The summed E-state index contributed by atoms with van der Waals surface area (Å²) < 4.78 is 0. The number of amides is 2. The predicted octanol–water partition coefficient (Wildman–Crippen LogP) is 4.03. The molecule has 0 radical (unpaired) electrons. The SMILES string of the molecule is Cc1nc(NNC(=O)Nc2ccccc2)c2c3c(sc2n1)CCCC3. The van der Waals surface area contributed by atoms with E-state index in [0.29, 0.717) is 11.6 Å². The lowest BCUT2D eigenvalue weighted by molar-refractivity contribution is 0.254. The van der Waals surface area contributed by atoms with Crippen molar-refractivity contribution in [3.8, 4) is 0 Å². The van der Waals surface area contributed by atoms with Crippen molar-refractivity contribution in [2.24, 2.45) is 0 Å². The summed E-state index contributed by atoms with van der Waals surface area (Å²) in [5.74, 6) is 1.36. The number of thiophene rings is 1. The number of carbonyl (C=O) groups excluding carboxylic acids is 1. The highest BCUT2D eigenvalue weighted by Crippen LogP contribution is 2.38. The van der Waals surface area contributed by atoms with Crippen LogP contribution in [-0.2, 0) is 12.8 Å². The summed E-state index contributed by atoms with van der Waals surface area (Å²) in [7, 11) is 0. The summed E-state index contributed by atoms with van der Waals surface area (Å²) in [6.45, 7) is 1.87. The van der Waals surface area contributed by atoms with Gasteiger partial charge in [-0.3, -0.25) is 10.9 Å². The molecule has 2 heterocycles. The molecular weight excluding hydrogens is 334 g/mol. The second-order valence-electron chi connectivity index (χ2n) is 6.08. The fourth-order valence-electron chi connectivity index (χ4n) is 3.15. The third-order valence-corrected chi connectivity index (χ3v) is 5.44. The zero-order valence-corrected chi connectivity index (χ0v) is 14.7. The van der Waals surface area contributed by atoms with E-state index >= 15 is 0 Å². The lowest BCUT2D eigenvalue weighted by Crippen LogP contribution is -2.34. The molecule has 3 N–H and O–H groups in total. The molecule has 0 unspecified atom stereocenters. The molecule has 1 aromatic carbocycles. The first-order chi connectivity index (χ1) is 12.2. The van der Waals surface area contributed by atoms with E-state index in [0.717, 1.165) is 28.7 Å². The largest absolute Gasteiger partial charge is 0.337 e. The number of hydrogen-bond donors (Lipinski definition) is 3. The van der Waals surface area contributed by atoms with Crippen molar-refractivity contribution in [2.45, 2.75) is 32.6 Å². The van der Waals surface area contributed by atoms with E-state index in [9.17, 15) is 4.79 Å². The Morgan fingerprint density at radius 1 is 1.12 bits per heavy atom. The summed E-state index contributed by atoms with van der Waals surface area (Å²) in [6.07, 6.45) is 4.57. The molecule has 4 rings (SSSR count). The minimum absolute atomic E-state index is 0.334. The molecule has 0 saturated carbocycles. The Labute approximate surface area is 149 Å². The number of nitrogens with one attached hydrogen (secondary N) is 3. The molecule has 7 heteroatoms. The Morgan fingerprint density at radius 3 is 2.76 bits per heavy atom. The number of carbonyl (C=O) groups is 1. The van der Waals surface area contributed by atoms with Gasteiger partial charge in [-0.25, -0.2) is 14.8 Å². The van der Waals surface area contributed by atoms with Crippen LogP contribution in [0.2, 0.25) is 0 Å². The minimum atomic E-state index is -0.334. The van der Waals surface area contributed by atoms with Crippen molar-refractivity contribution < 1.29 is 4.79 Å². The van der Waals surface area contributed by atoms with Gasteiger partial charge in [0, 0.05) is 10.6 Å². The number of urea groups is 1. The Hall–Kier alpha value is -2.67. The molecule has 6 nitrogen and oxygen atoms in total. The summed E-state index contributed by atoms with van der Waals surface area (Å²) >= 11 is 1.75. The zero-order chi connectivity index (χ0) is 17.2. The topological polar surface area (TPSA) is 78.9 Å². The van der Waals surface area contributed by atoms with Gasteiger partial charge in [0.1, 0.15) is 10.7 Å². The number of nitrogens with zero attached hydrogens (tertiary/aromatic N) is 2. The van der Waals surface area contributed by atoms with Crippen LogP contribution in [-0.4, -0.2) is 16.0 Å². The number of rotatable bonds is 3. The molecule has 0 fully saturated rings. The van der Waals surface area contributed by atoms with Crippen molar-refractivity contribution in [1.82, 2.24) is 15.4 Å². The summed E-state index contributed by atoms with van der Waals surface area (Å²) in [5.41, 5.74) is 7.72. The molecule has 0 spiro atoms. The Balaban J connectivity index is 1.56. The van der Waals surface area contributed by atoms with Gasteiger partial charge >= 0.3 is 6.03 Å². The van der Waals surface area contributed by atoms with Crippen LogP contribution in [0.4, 0.5) is 16.3 Å². The van der Waals surface area contributed by atoms with Crippen LogP contribution in [0, 0.1) is 6.92 Å². The molecular formula is C18H19N5OS. The number of aromatic nitrogens is 2. The monoisotopic (exact) mass is 353 g/mol. The molecule has 2 amide bonds. The highest BCUT2D eigenvalue weighted by molar-refractivity contribution is 7.19. The quantitative estimate of drug-likeness (QED) is 0.621. The van der Waals surface area contributed by atoms with E-state index in [2.05, 4.69) is 26.1 Å². The van der Waals surface area contributed by atoms with Crippen molar-refractivity contribution >= 4 is 39.1 Å². The molecule has 0 bridgehead atoms. The minimum Gasteiger partial charge on any atom is -0.307 e. The van der Waals surface area contributed by atoms with Gasteiger partial charge in [0.25, 0.3) is 0 Å². The second-order valence-corrected chi connectivity index (χ2v) is 7.16. The van der Waals surface area contributed by atoms with Crippen LogP contribution in [0.5, 0.6) is 0 Å². The van der Waals surface area contributed by atoms with Gasteiger partial charge in [-0.05, 0) is 50.3 Å². The Bertz CT molecular complexity index is 922. The van der Waals surface area contributed by atoms with Gasteiger partial charge in [-0.15, -0.1) is 11.3 Å². The standard InChI is InChI=1S/C18H19N5OS/c1-11-19-16(22-23-18(24)21-12-7-3-2-4-8-12)15-13-9-5-6-10-14(13)25-17(15)20-11/h2-4,7-8H,5-6,9-10H2,1H3,(H,19,20,22)(H2,21,23,24). The average Bonchev–Trinajstić information content (AvgIpc) is 2.98. The van der Waals surface area contributed by atoms with Gasteiger partial charge < -0.3 is 5.32 Å². The van der Waals surface area contributed by atoms with Crippen LogP contribution in [0.25, 0.3) is 10.2 Å². The summed E-state index contributed by atoms with van der Waals surface area (Å²) in [6, 6.07) is 8.99. The van der Waals surface area contributed by atoms with Crippen molar-refractivity contribution in [3.63, 3.8) is 0 Å². The molecule has 25 heavy (non-hydrogen) atoms. The number of anilines is 2. The van der Waals surface area contributed by atoms with Crippen LogP contribution in [0.3, 0.4) is 0 Å². The molecule has 128 valence electrons. The number of fused-ring (bicyclic) bond motifs is 3. The number of hydrazine groups is 1. The van der Waals surface area contributed by atoms with Gasteiger partial charge in [-0.2, -0.15) is 0 Å². The first kappa shape index (κ1) is 15.8. The van der Waals surface area contributed by atoms with Crippen molar-refractivity contribution in [1.29, 1.82) is 0 Å². The van der Waals surface area contributed by atoms with Gasteiger partial charge in [0.15, 0.2) is 5.82 Å². The average molecular weight is 353 g/mol. The van der Waals surface area contributed by atoms with Crippen molar-refractivity contribution in [3.05, 3.63) is 46.6 Å². The number of aryl methyl sites for hydroxylation is 3. The Kier molecular flexibility index (Phi) is 4.23. The number of para-hydroxylation sites is 1. The van der Waals surface area contributed by atoms with Crippen LogP contribution in [0.15, 0.2) is 30.3 Å². The van der Waals surface area contributed by atoms with Crippen molar-refractivity contribution in [2.75, 3.05) is 10.7 Å². The van der Waals surface area contributed by atoms with E-state index in [-0.39, 0.29) is 6.03 Å². The third-order valence-electron chi connectivity index (χ3n) is 4.25. The first-order valence-electron chi connectivity index (χ1n) is 8.37. The van der Waals surface area contributed by atoms with E-state index in [4.69, 9.17) is 0 Å². The van der Waals surface area contributed by atoms with Gasteiger partial charge in [-0.1, -0.05) is 18.2 Å². The van der Waals surface area contributed by atoms with Crippen LogP contribution in [0.1, 0.15) is 29.1 Å². The molecule has 0 aliphatic heterocycles. The molecule has 0 atom stereocenters. The normalized spacial score (nSPS) is 13.3. The van der Waals surface area contributed by atoms with Gasteiger partial charge in [0.2, 0.25) is 0 Å². The van der Waals surface area contributed by atoms with Gasteiger partial charge in [0.05, 0.1) is 5.39 Å². The smallest absolute Gasteiger partial charge is 0.307 e. The predicted molar refractivity (Wildman–Crippen MR) is 101 cm³/mol. The lowest BCUT2D eigenvalue weighted by atomic mass is 9.97. The Morgan fingerprint density at radius 2 is 1.92 bits per heavy atom. The maximum absolute atomic E-state index is 12.1. The lowest BCUT2D eigenvalue weighted by Gasteiger charge is -2.13. The summed E-state index contributed by atoms with van der Waals surface area (Å²) in [5, 5.41) is 3.82. The van der Waals surface area contributed by atoms with E-state index in [1.54, 1.807) is 11.3 Å². The molecule has 0 saturated heterocycles. The van der Waals surface area contributed by atoms with E-state index in [1.165, 1.54) is 23.3 Å². The molecule has 3 aromatic rings. The fraction of sp³-hybridized carbons (Fsp3) is 0.278. The summed E-state index contributed by atoms with van der Waals surface area (Å²) in [4.78, 5) is 23.6. The molecule has 2 aromatic heterocycles. The fourth-order valence-corrected chi connectivity index (χ4v) is 4.46. The number of hydrogen-bond acceptors (Lipinski definition) is 5. The van der Waals surface area contributed by atoms with Crippen LogP contribution >= 0.6 is 11.3 Å². The molecule has 1 aliphatic rings. The second kappa shape index (κ2) is 6.68. The number of benzene rings is 1. The zero-order valence-electron chi connectivity index (χ0n) is 13.9. The maximum atomic E-state index is 12.1. The highest BCUT2D eigenvalue weighted by Gasteiger charge is 2.20. The highest BCUT2D eigenvalue weighted by atomic mass is 32.1. The van der Waals surface area contributed by atoms with Crippen LogP contribution < -0.4 is 16.2 Å². The first-order valence-corrected chi connectivity index (χ1v) is 9.19. The van der Waals surface area contributed by atoms with E-state index in [1.807, 2.05) is 37.3 Å².